The van der Waals surface area contributed by atoms with Crippen molar-refractivity contribution in [2.24, 2.45) is 11.5 Å². The topological polar surface area (TPSA) is 116 Å². The van der Waals surface area contributed by atoms with Crippen LogP contribution < -0.4 is 11.5 Å². The van der Waals surface area contributed by atoms with Crippen LogP contribution >= 0.6 is 0 Å². The lowest BCUT2D eigenvalue weighted by Gasteiger charge is -2.12. The number of carboxylic acids is 1. The van der Waals surface area contributed by atoms with Crippen LogP contribution in [0.4, 0.5) is 0 Å². The molecular formula is C13H18N2O4. The molecule has 0 amide bonds. The Morgan fingerprint density at radius 2 is 1.68 bits per heavy atom. The zero-order valence-corrected chi connectivity index (χ0v) is 10.5. The number of carbonyl (C=O) groups is 2. The second-order valence-corrected chi connectivity index (χ2v) is 4.22. The SMILES string of the molecule is N[C@H](CC[C@@H](N)C(=O)OCc1ccccc1)C(=O)O. The monoisotopic (exact) mass is 266 g/mol. The fraction of sp³-hybridized carbons (Fsp3) is 0.385. The van der Waals surface area contributed by atoms with Crippen molar-refractivity contribution in [3.8, 4) is 0 Å². The van der Waals surface area contributed by atoms with Gasteiger partial charge in [-0.15, -0.1) is 0 Å². The molecule has 0 bridgehead atoms. The molecule has 0 aromatic heterocycles. The molecule has 5 N–H and O–H groups in total. The normalized spacial score (nSPS) is 13.6. The van der Waals surface area contributed by atoms with E-state index < -0.39 is 24.0 Å². The van der Waals surface area contributed by atoms with Crippen LogP contribution in [0.3, 0.4) is 0 Å². The molecule has 19 heavy (non-hydrogen) atoms. The van der Waals surface area contributed by atoms with Gasteiger partial charge in [0.05, 0.1) is 0 Å². The summed E-state index contributed by atoms with van der Waals surface area (Å²) < 4.78 is 5.03. The largest absolute Gasteiger partial charge is 0.480 e. The lowest BCUT2D eigenvalue weighted by molar-refractivity contribution is -0.147. The van der Waals surface area contributed by atoms with E-state index in [0.717, 1.165) is 5.56 Å². The minimum Gasteiger partial charge on any atom is -0.480 e. The molecule has 0 spiro atoms. The maximum Gasteiger partial charge on any atom is 0.323 e. The molecular weight excluding hydrogens is 248 g/mol. The number of rotatable bonds is 7. The van der Waals surface area contributed by atoms with Crippen LogP contribution in [0.25, 0.3) is 0 Å². The van der Waals surface area contributed by atoms with Crippen molar-refractivity contribution >= 4 is 11.9 Å². The Kier molecular flexibility index (Phi) is 5.98. The van der Waals surface area contributed by atoms with Gasteiger partial charge in [-0.25, -0.2) is 0 Å². The fourth-order valence-electron chi connectivity index (χ4n) is 1.44. The minimum absolute atomic E-state index is 0.136. The van der Waals surface area contributed by atoms with Crippen LogP contribution in [-0.2, 0) is 20.9 Å². The van der Waals surface area contributed by atoms with Crippen LogP contribution in [0.5, 0.6) is 0 Å². The number of benzene rings is 1. The average Bonchev–Trinajstić information content (AvgIpc) is 2.42. The molecule has 6 heteroatoms. The zero-order valence-electron chi connectivity index (χ0n) is 10.5. The quantitative estimate of drug-likeness (QED) is 0.609. The van der Waals surface area contributed by atoms with Crippen molar-refractivity contribution in [1.82, 2.24) is 0 Å². The molecule has 1 rings (SSSR count). The van der Waals surface area contributed by atoms with Crippen LogP contribution in [0.2, 0.25) is 0 Å². The maximum absolute atomic E-state index is 11.6. The summed E-state index contributed by atoms with van der Waals surface area (Å²) in [5.74, 6) is -1.66. The fourth-order valence-corrected chi connectivity index (χ4v) is 1.44. The molecule has 1 aromatic rings. The summed E-state index contributed by atoms with van der Waals surface area (Å²) in [7, 11) is 0. The van der Waals surface area contributed by atoms with Gasteiger partial charge in [-0.2, -0.15) is 0 Å². The smallest absolute Gasteiger partial charge is 0.323 e. The number of carboxylic acid groups (broad SMARTS) is 1. The maximum atomic E-state index is 11.6. The molecule has 0 unspecified atom stereocenters. The van der Waals surface area contributed by atoms with Crippen LogP contribution in [0, 0.1) is 0 Å². The predicted octanol–water partition coefficient (Wildman–Crippen LogP) is 0.249. The van der Waals surface area contributed by atoms with Crippen molar-refractivity contribution < 1.29 is 19.4 Å². The van der Waals surface area contributed by atoms with E-state index in [0.29, 0.717) is 0 Å². The van der Waals surface area contributed by atoms with E-state index >= 15 is 0 Å². The highest BCUT2D eigenvalue weighted by Gasteiger charge is 2.19. The average molecular weight is 266 g/mol. The highest BCUT2D eigenvalue weighted by atomic mass is 16.5. The standard InChI is InChI=1S/C13H18N2O4/c14-10(12(16)17)6-7-11(15)13(18)19-8-9-4-2-1-3-5-9/h1-5,10-11H,6-8,14-15H2,(H,16,17)/t10-,11-/m1/s1. The first kappa shape index (κ1) is 15.1. The number of esters is 1. The molecule has 6 nitrogen and oxygen atoms in total. The summed E-state index contributed by atoms with van der Waals surface area (Å²) in [6, 6.07) is 7.36. The Hall–Kier alpha value is -1.92. The summed E-state index contributed by atoms with van der Waals surface area (Å²) in [4.78, 5) is 22.1. The van der Waals surface area contributed by atoms with E-state index in [9.17, 15) is 9.59 Å². The molecule has 0 saturated heterocycles. The van der Waals surface area contributed by atoms with E-state index in [1.165, 1.54) is 0 Å². The van der Waals surface area contributed by atoms with E-state index in [4.69, 9.17) is 21.3 Å². The van der Waals surface area contributed by atoms with E-state index in [-0.39, 0.29) is 19.4 Å². The van der Waals surface area contributed by atoms with E-state index in [1.807, 2.05) is 30.3 Å². The third-order valence-corrected chi connectivity index (χ3v) is 2.63. The summed E-state index contributed by atoms with van der Waals surface area (Å²) in [6.07, 6.45) is 0.317. The van der Waals surface area contributed by atoms with Crippen LogP contribution in [0.15, 0.2) is 30.3 Å². The van der Waals surface area contributed by atoms with Gasteiger partial charge in [-0.1, -0.05) is 30.3 Å². The van der Waals surface area contributed by atoms with Gasteiger partial charge in [-0.3, -0.25) is 9.59 Å². The molecule has 0 aliphatic carbocycles. The number of nitrogens with two attached hydrogens (primary N) is 2. The van der Waals surface area contributed by atoms with Crippen molar-refractivity contribution in [2.75, 3.05) is 0 Å². The van der Waals surface area contributed by atoms with Gasteiger partial charge in [0, 0.05) is 0 Å². The van der Waals surface area contributed by atoms with Crippen molar-refractivity contribution in [2.45, 2.75) is 31.5 Å². The Morgan fingerprint density at radius 1 is 1.11 bits per heavy atom. The first-order valence-corrected chi connectivity index (χ1v) is 5.95. The van der Waals surface area contributed by atoms with E-state index in [2.05, 4.69) is 0 Å². The minimum atomic E-state index is -1.11. The van der Waals surface area contributed by atoms with Crippen LogP contribution in [0.1, 0.15) is 18.4 Å². The Balaban J connectivity index is 2.31. The summed E-state index contributed by atoms with van der Waals surface area (Å²) in [6.45, 7) is 0.151. The van der Waals surface area contributed by atoms with Crippen LogP contribution in [-0.4, -0.2) is 29.1 Å². The molecule has 0 fully saturated rings. The number of hydrogen-bond donors (Lipinski definition) is 3. The van der Waals surface area contributed by atoms with Crippen molar-refractivity contribution in [1.29, 1.82) is 0 Å². The van der Waals surface area contributed by atoms with Gasteiger partial charge < -0.3 is 21.3 Å². The van der Waals surface area contributed by atoms with Gasteiger partial charge in [0.2, 0.25) is 0 Å². The third-order valence-electron chi connectivity index (χ3n) is 2.63. The summed E-state index contributed by atoms with van der Waals surface area (Å²) in [5, 5.41) is 8.60. The predicted molar refractivity (Wildman–Crippen MR) is 69.1 cm³/mol. The Bertz CT molecular complexity index is 422. The summed E-state index contributed by atoms with van der Waals surface area (Å²) >= 11 is 0. The lowest BCUT2D eigenvalue weighted by Crippen LogP contribution is -2.36. The van der Waals surface area contributed by atoms with Crippen molar-refractivity contribution in [3.63, 3.8) is 0 Å². The number of ether oxygens (including phenoxy) is 1. The van der Waals surface area contributed by atoms with Gasteiger partial charge in [-0.05, 0) is 18.4 Å². The number of hydrogen-bond acceptors (Lipinski definition) is 5. The molecule has 104 valence electrons. The number of carbonyl (C=O) groups excluding carboxylic acids is 1. The lowest BCUT2D eigenvalue weighted by atomic mass is 10.1. The molecule has 0 saturated carbocycles. The van der Waals surface area contributed by atoms with Gasteiger partial charge in [0.15, 0.2) is 0 Å². The summed E-state index contributed by atoms with van der Waals surface area (Å²) in [5.41, 5.74) is 11.8. The molecule has 0 aliphatic heterocycles. The van der Waals surface area contributed by atoms with Gasteiger partial charge in [0.25, 0.3) is 0 Å². The van der Waals surface area contributed by atoms with E-state index in [1.54, 1.807) is 0 Å². The molecule has 0 heterocycles. The molecule has 2 atom stereocenters. The first-order chi connectivity index (χ1) is 9.00. The molecule has 0 radical (unpaired) electrons. The Morgan fingerprint density at radius 3 is 2.26 bits per heavy atom. The van der Waals surface area contributed by atoms with Gasteiger partial charge in [0.1, 0.15) is 18.7 Å². The number of aliphatic carboxylic acids is 1. The second-order valence-electron chi connectivity index (χ2n) is 4.22. The second kappa shape index (κ2) is 7.50. The molecule has 1 aromatic carbocycles. The highest BCUT2D eigenvalue weighted by molar-refractivity contribution is 5.76. The van der Waals surface area contributed by atoms with Gasteiger partial charge >= 0.3 is 11.9 Å². The Labute approximate surface area is 111 Å². The van der Waals surface area contributed by atoms with Crippen molar-refractivity contribution in [3.05, 3.63) is 35.9 Å². The zero-order chi connectivity index (χ0) is 14.3. The highest BCUT2D eigenvalue weighted by Crippen LogP contribution is 2.04. The molecule has 0 aliphatic rings. The third kappa shape index (κ3) is 5.50. The first-order valence-electron chi connectivity index (χ1n) is 5.95.